The summed E-state index contributed by atoms with van der Waals surface area (Å²) in [7, 11) is 0. The SMILES string of the molecule is Cc1ccc(-c2nc3nc(C)cc(N4CCN(c5cc(C)ccc5C)CC4)n3n2)cc1. The Morgan fingerprint density at radius 2 is 1.39 bits per heavy atom. The summed E-state index contributed by atoms with van der Waals surface area (Å²) in [5.74, 6) is 2.44. The molecule has 0 atom stereocenters. The maximum absolute atomic E-state index is 4.82. The molecule has 4 aromatic rings. The first kappa shape index (κ1) is 19.5. The Hall–Kier alpha value is -3.41. The Morgan fingerprint density at radius 1 is 0.710 bits per heavy atom. The molecule has 31 heavy (non-hydrogen) atoms. The lowest BCUT2D eigenvalue weighted by atomic mass is 10.1. The summed E-state index contributed by atoms with van der Waals surface area (Å²) in [6.07, 6.45) is 0. The number of hydrogen-bond acceptors (Lipinski definition) is 5. The summed E-state index contributed by atoms with van der Waals surface area (Å²) in [6, 6.07) is 17.1. The van der Waals surface area contributed by atoms with Gasteiger partial charge in [0, 0.05) is 49.2 Å². The van der Waals surface area contributed by atoms with Gasteiger partial charge in [-0.3, -0.25) is 0 Å². The molecule has 0 bridgehead atoms. The van der Waals surface area contributed by atoms with Crippen molar-refractivity contribution in [1.29, 1.82) is 0 Å². The molecule has 158 valence electrons. The van der Waals surface area contributed by atoms with Crippen LogP contribution in [0.1, 0.15) is 22.4 Å². The van der Waals surface area contributed by atoms with Crippen LogP contribution in [0.4, 0.5) is 11.5 Å². The largest absolute Gasteiger partial charge is 0.368 e. The lowest BCUT2D eigenvalue weighted by Crippen LogP contribution is -2.47. The molecule has 6 heteroatoms. The van der Waals surface area contributed by atoms with Crippen molar-refractivity contribution in [2.75, 3.05) is 36.0 Å². The number of hydrogen-bond donors (Lipinski definition) is 0. The predicted molar refractivity (Wildman–Crippen MR) is 126 cm³/mol. The molecule has 0 N–H and O–H groups in total. The molecule has 1 fully saturated rings. The van der Waals surface area contributed by atoms with Crippen LogP contribution in [0.15, 0.2) is 48.5 Å². The molecular weight excluding hydrogens is 384 g/mol. The zero-order valence-electron chi connectivity index (χ0n) is 18.6. The topological polar surface area (TPSA) is 49.6 Å². The van der Waals surface area contributed by atoms with E-state index < -0.39 is 0 Å². The standard InChI is InChI=1S/C25H28N6/c1-17-6-9-21(10-7-17)24-27-25-26-20(4)16-23(31(25)28-24)30-13-11-29(12-14-30)22-15-18(2)5-8-19(22)3/h5-10,15-16H,11-14H2,1-4H3. The van der Waals surface area contributed by atoms with E-state index in [1.54, 1.807) is 0 Å². The highest BCUT2D eigenvalue weighted by molar-refractivity contribution is 5.60. The molecule has 2 aromatic carbocycles. The van der Waals surface area contributed by atoms with Crippen molar-refractivity contribution < 1.29 is 0 Å². The van der Waals surface area contributed by atoms with Crippen molar-refractivity contribution in [2.45, 2.75) is 27.7 Å². The summed E-state index contributed by atoms with van der Waals surface area (Å²) < 4.78 is 1.90. The number of piperazine rings is 1. The van der Waals surface area contributed by atoms with Gasteiger partial charge in [-0.2, -0.15) is 9.50 Å². The van der Waals surface area contributed by atoms with Crippen LogP contribution < -0.4 is 9.80 Å². The fourth-order valence-corrected chi connectivity index (χ4v) is 4.25. The molecule has 0 amide bonds. The van der Waals surface area contributed by atoms with Crippen LogP contribution in [0.25, 0.3) is 17.2 Å². The molecule has 5 rings (SSSR count). The van der Waals surface area contributed by atoms with Gasteiger partial charge in [0.25, 0.3) is 5.78 Å². The highest BCUT2D eigenvalue weighted by atomic mass is 15.4. The average Bonchev–Trinajstić information content (AvgIpc) is 3.19. The molecule has 0 aliphatic carbocycles. The van der Waals surface area contributed by atoms with Gasteiger partial charge in [0.2, 0.25) is 0 Å². The van der Waals surface area contributed by atoms with Crippen molar-refractivity contribution in [3.05, 3.63) is 70.9 Å². The number of benzene rings is 2. The van der Waals surface area contributed by atoms with E-state index in [2.05, 4.69) is 84.1 Å². The lowest BCUT2D eigenvalue weighted by Gasteiger charge is -2.38. The van der Waals surface area contributed by atoms with E-state index in [1.165, 1.54) is 22.4 Å². The van der Waals surface area contributed by atoms with E-state index in [-0.39, 0.29) is 0 Å². The molecular formula is C25H28N6. The average molecular weight is 413 g/mol. The van der Waals surface area contributed by atoms with E-state index in [4.69, 9.17) is 10.1 Å². The van der Waals surface area contributed by atoms with E-state index >= 15 is 0 Å². The van der Waals surface area contributed by atoms with Gasteiger partial charge in [0.1, 0.15) is 5.82 Å². The van der Waals surface area contributed by atoms with E-state index in [9.17, 15) is 0 Å². The number of aryl methyl sites for hydroxylation is 4. The fraction of sp³-hybridized carbons (Fsp3) is 0.320. The molecule has 0 spiro atoms. The van der Waals surface area contributed by atoms with Crippen LogP contribution in [0.3, 0.4) is 0 Å². The van der Waals surface area contributed by atoms with Crippen molar-refractivity contribution in [2.24, 2.45) is 0 Å². The first-order chi connectivity index (χ1) is 15.0. The van der Waals surface area contributed by atoms with Crippen LogP contribution in [-0.4, -0.2) is 45.8 Å². The fourth-order valence-electron chi connectivity index (χ4n) is 4.25. The summed E-state index contributed by atoms with van der Waals surface area (Å²) in [6.45, 7) is 12.3. The smallest absolute Gasteiger partial charge is 0.254 e. The van der Waals surface area contributed by atoms with Crippen LogP contribution in [0.2, 0.25) is 0 Å². The van der Waals surface area contributed by atoms with E-state index in [1.807, 2.05) is 11.4 Å². The number of anilines is 2. The second-order valence-electron chi connectivity index (χ2n) is 8.53. The van der Waals surface area contributed by atoms with Gasteiger partial charge in [-0.1, -0.05) is 42.0 Å². The molecule has 6 nitrogen and oxygen atoms in total. The minimum atomic E-state index is 0.655. The molecule has 1 aliphatic heterocycles. The molecule has 3 heterocycles. The Bertz CT molecular complexity index is 1230. The van der Waals surface area contributed by atoms with Crippen molar-refractivity contribution >= 4 is 17.3 Å². The van der Waals surface area contributed by atoms with E-state index in [0.29, 0.717) is 11.6 Å². The maximum Gasteiger partial charge on any atom is 0.254 e. The Balaban J connectivity index is 1.44. The van der Waals surface area contributed by atoms with Crippen LogP contribution in [0, 0.1) is 27.7 Å². The number of aromatic nitrogens is 4. The Morgan fingerprint density at radius 3 is 2.13 bits per heavy atom. The Labute approximate surface area is 183 Å². The number of fused-ring (bicyclic) bond motifs is 1. The van der Waals surface area contributed by atoms with Crippen molar-refractivity contribution in [3.8, 4) is 11.4 Å². The highest BCUT2D eigenvalue weighted by Crippen LogP contribution is 2.26. The molecule has 1 saturated heterocycles. The van der Waals surface area contributed by atoms with Crippen molar-refractivity contribution in [3.63, 3.8) is 0 Å². The van der Waals surface area contributed by atoms with Gasteiger partial charge in [0.05, 0.1) is 0 Å². The maximum atomic E-state index is 4.82. The molecule has 0 radical (unpaired) electrons. The van der Waals surface area contributed by atoms with Gasteiger partial charge in [-0.05, 0) is 44.9 Å². The number of nitrogens with zero attached hydrogens (tertiary/aromatic N) is 6. The Kier molecular flexibility index (Phi) is 4.85. The van der Waals surface area contributed by atoms with Crippen LogP contribution in [-0.2, 0) is 0 Å². The second-order valence-corrected chi connectivity index (χ2v) is 8.53. The minimum absolute atomic E-state index is 0.655. The van der Waals surface area contributed by atoms with Gasteiger partial charge in [-0.25, -0.2) is 4.98 Å². The third-order valence-corrected chi connectivity index (χ3v) is 6.04. The summed E-state index contributed by atoms with van der Waals surface area (Å²) in [5.41, 5.74) is 7.18. The highest BCUT2D eigenvalue weighted by Gasteiger charge is 2.22. The summed E-state index contributed by atoms with van der Waals surface area (Å²) in [4.78, 5) is 14.2. The van der Waals surface area contributed by atoms with Gasteiger partial charge in [0.15, 0.2) is 5.82 Å². The van der Waals surface area contributed by atoms with E-state index in [0.717, 1.165) is 43.3 Å². The first-order valence-electron chi connectivity index (χ1n) is 10.9. The summed E-state index contributed by atoms with van der Waals surface area (Å²) >= 11 is 0. The van der Waals surface area contributed by atoms with Gasteiger partial charge in [-0.15, -0.1) is 5.10 Å². The summed E-state index contributed by atoms with van der Waals surface area (Å²) in [5, 5.41) is 4.82. The minimum Gasteiger partial charge on any atom is -0.368 e. The first-order valence-corrected chi connectivity index (χ1v) is 10.9. The molecule has 1 aliphatic rings. The number of rotatable bonds is 3. The second kappa shape index (κ2) is 7.69. The molecule has 2 aromatic heterocycles. The predicted octanol–water partition coefficient (Wildman–Crippen LogP) is 4.35. The quantitative estimate of drug-likeness (QED) is 0.501. The van der Waals surface area contributed by atoms with Gasteiger partial charge >= 0.3 is 0 Å². The zero-order chi connectivity index (χ0) is 21.5. The molecule has 0 unspecified atom stereocenters. The normalized spacial score (nSPS) is 14.5. The lowest BCUT2D eigenvalue weighted by molar-refractivity contribution is 0.637. The third-order valence-electron chi connectivity index (χ3n) is 6.04. The van der Waals surface area contributed by atoms with Crippen LogP contribution in [0.5, 0.6) is 0 Å². The van der Waals surface area contributed by atoms with Gasteiger partial charge < -0.3 is 9.80 Å². The van der Waals surface area contributed by atoms with Crippen LogP contribution >= 0.6 is 0 Å². The molecule has 0 saturated carbocycles. The zero-order valence-corrected chi connectivity index (χ0v) is 18.6. The third kappa shape index (κ3) is 3.74. The monoisotopic (exact) mass is 412 g/mol. The van der Waals surface area contributed by atoms with Crippen molar-refractivity contribution in [1.82, 2.24) is 19.6 Å².